The van der Waals surface area contributed by atoms with E-state index in [-0.39, 0.29) is 29.6 Å². The molecule has 224 valence electrons. The zero-order valence-corrected chi connectivity index (χ0v) is 24.3. The first-order chi connectivity index (χ1) is 19.2. The summed E-state index contributed by atoms with van der Waals surface area (Å²) in [5, 5.41) is 8.77. The number of likely N-dealkylation sites (tertiary alicyclic amines) is 1. The van der Waals surface area contributed by atoms with Crippen LogP contribution in [0.4, 0.5) is 30.6 Å². The Morgan fingerprint density at radius 1 is 1.02 bits per heavy atom. The number of hydrogen-bond donors (Lipinski definition) is 3. The minimum atomic E-state index is -4.68. The SMILES string of the molecule is CN1CCC(N(C)C(=O)c2ccc(Nc3ncc(C(F)(F)F)c(N[C@@H]4CCC[C@@H]4C(=O)NC(C)(C)C)n3)cc2)CC1. The van der Waals surface area contributed by atoms with Gasteiger partial charge in [0.1, 0.15) is 11.4 Å². The van der Waals surface area contributed by atoms with E-state index in [0.717, 1.165) is 38.5 Å². The Morgan fingerprint density at radius 3 is 2.29 bits per heavy atom. The molecule has 2 aromatic rings. The number of piperidine rings is 1. The second-order valence-electron chi connectivity index (χ2n) is 12.1. The molecule has 12 heteroatoms. The molecule has 1 saturated carbocycles. The lowest BCUT2D eigenvalue weighted by Crippen LogP contribution is -2.46. The Balaban J connectivity index is 1.47. The molecule has 41 heavy (non-hydrogen) atoms. The molecule has 2 aliphatic rings. The molecule has 1 saturated heterocycles. The van der Waals surface area contributed by atoms with Gasteiger partial charge in [0.05, 0.1) is 5.92 Å². The van der Waals surface area contributed by atoms with E-state index in [0.29, 0.717) is 24.1 Å². The number of benzene rings is 1. The minimum Gasteiger partial charge on any atom is -0.366 e. The van der Waals surface area contributed by atoms with Gasteiger partial charge in [-0.2, -0.15) is 18.2 Å². The third-order valence-electron chi connectivity index (χ3n) is 7.71. The Morgan fingerprint density at radius 2 is 1.68 bits per heavy atom. The van der Waals surface area contributed by atoms with Crippen molar-refractivity contribution in [2.75, 3.05) is 37.8 Å². The number of rotatable bonds is 7. The van der Waals surface area contributed by atoms with Crippen LogP contribution < -0.4 is 16.0 Å². The van der Waals surface area contributed by atoms with Crippen LogP contribution in [0.1, 0.15) is 68.8 Å². The van der Waals surface area contributed by atoms with Gasteiger partial charge >= 0.3 is 6.18 Å². The van der Waals surface area contributed by atoms with E-state index in [2.05, 4.69) is 37.9 Å². The van der Waals surface area contributed by atoms with Crippen molar-refractivity contribution in [2.45, 2.75) is 76.7 Å². The van der Waals surface area contributed by atoms with E-state index in [1.165, 1.54) is 0 Å². The van der Waals surface area contributed by atoms with Gasteiger partial charge in [-0.05, 0) is 90.9 Å². The summed E-state index contributed by atoms with van der Waals surface area (Å²) in [4.78, 5) is 37.9. The second-order valence-corrected chi connectivity index (χ2v) is 12.1. The van der Waals surface area contributed by atoms with Crippen LogP contribution in [0.5, 0.6) is 0 Å². The van der Waals surface area contributed by atoms with Crippen LogP contribution in [0.3, 0.4) is 0 Å². The highest BCUT2D eigenvalue weighted by atomic mass is 19.4. The van der Waals surface area contributed by atoms with Crippen LogP contribution in [-0.2, 0) is 11.0 Å². The third kappa shape index (κ3) is 7.87. The molecule has 9 nitrogen and oxygen atoms in total. The fourth-order valence-electron chi connectivity index (χ4n) is 5.42. The molecule has 1 aliphatic carbocycles. The fraction of sp³-hybridized carbons (Fsp3) is 0.586. The summed E-state index contributed by atoms with van der Waals surface area (Å²) in [6.45, 7) is 7.48. The first kappa shape index (κ1) is 30.5. The van der Waals surface area contributed by atoms with Gasteiger partial charge in [-0.25, -0.2) is 4.98 Å². The standard InChI is InChI=1S/C29H40F3N7O2/c1-28(2,3)37-25(40)21-7-6-8-23(21)35-24-22(29(30,31)32)17-33-27(36-24)34-19-11-9-18(10-12-19)26(41)39(5)20-13-15-38(4)16-14-20/h9-12,17,20-21,23H,6-8,13-16H2,1-5H3,(H,37,40)(H2,33,34,35,36)/t21-,23+/m0/s1. The molecular formula is C29H40F3N7O2. The average Bonchev–Trinajstić information content (AvgIpc) is 3.35. The number of alkyl halides is 3. The summed E-state index contributed by atoms with van der Waals surface area (Å²) in [7, 11) is 3.89. The molecule has 3 N–H and O–H groups in total. The summed E-state index contributed by atoms with van der Waals surface area (Å²) in [6, 6.07) is 6.39. The number of carbonyl (C=O) groups is 2. The summed E-state index contributed by atoms with van der Waals surface area (Å²) in [6.07, 6.45) is -0.250. The number of carbonyl (C=O) groups excluding carboxylic acids is 2. The van der Waals surface area contributed by atoms with Crippen molar-refractivity contribution in [3.63, 3.8) is 0 Å². The van der Waals surface area contributed by atoms with E-state index < -0.39 is 29.2 Å². The lowest BCUT2D eigenvalue weighted by molar-refractivity contribution is -0.137. The van der Waals surface area contributed by atoms with Crippen molar-refractivity contribution in [3.8, 4) is 0 Å². The summed E-state index contributed by atoms with van der Waals surface area (Å²) in [5.74, 6) is -1.15. The first-order valence-electron chi connectivity index (χ1n) is 14.1. The van der Waals surface area contributed by atoms with Crippen LogP contribution in [-0.4, -0.2) is 76.4 Å². The summed E-state index contributed by atoms with van der Waals surface area (Å²) in [5.41, 5.74) is -0.399. The maximum atomic E-state index is 13.8. The first-order valence-corrected chi connectivity index (χ1v) is 14.1. The number of anilines is 3. The predicted octanol–water partition coefficient (Wildman–Crippen LogP) is 4.90. The smallest absolute Gasteiger partial charge is 0.366 e. The largest absolute Gasteiger partial charge is 0.421 e. The molecular weight excluding hydrogens is 535 g/mol. The Hall–Kier alpha value is -3.41. The van der Waals surface area contributed by atoms with E-state index in [1.54, 1.807) is 29.2 Å². The Kier molecular flexibility index (Phi) is 9.10. The maximum absolute atomic E-state index is 13.8. The number of hydrogen-bond acceptors (Lipinski definition) is 7. The monoisotopic (exact) mass is 575 g/mol. The highest BCUT2D eigenvalue weighted by Crippen LogP contribution is 2.37. The maximum Gasteiger partial charge on any atom is 0.421 e. The van der Waals surface area contributed by atoms with Gasteiger partial charge in [-0.1, -0.05) is 6.42 Å². The van der Waals surface area contributed by atoms with Crippen molar-refractivity contribution in [1.82, 2.24) is 25.1 Å². The zero-order chi connectivity index (χ0) is 29.9. The molecule has 2 fully saturated rings. The molecule has 2 atom stereocenters. The van der Waals surface area contributed by atoms with E-state index in [1.807, 2.05) is 27.8 Å². The number of amides is 2. The fourth-order valence-corrected chi connectivity index (χ4v) is 5.42. The van der Waals surface area contributed by atoms with Crippen molar-refractivity contribution in [2.24, 2.45) is 5.92 Å². The topological polar surface area (TPSA) is 102 Å². The van der Waals surface area contributed by atoms with Gasteiger partial charge in [0.15, 0.2) is 0 Å². The van der Waals surface area contributed by atoms with Gasteiger partial charge in [0.2, 0.25) is 11.9 Å². The van der Waals surface area contributed by atoms with Crippen molar-refractivity contribution in [3.05, 3.63) is 41.6 Å². The molecule has 4 rings (SSSR count). The molecule has 1 aliphatic heterocycles. The zero-order valence-electron chi connectivity index (χ0n) is 24.3. The average molecular weight is 576 g/mol. The van der Waals surface area contributed by atoms with Crippen LogP contribution >= 0.6 is 0 Å². The second kappa shape index (κ2) is 12.2. The molecule has 2 amide bonds. The third-order valence-corrected chi connectivity index (χ3v) is 7.71. The predicted molar refractivity (Wildman–Crippen MR) is 152 cm³/mol. The number of nitrogens with zero attached hydrogens (tertiary/aromatic N) is 4. The van der Waals surface area contributed by atoms with E-state index in [9.17, 15) is 22.8 Å². The van der Waals surface area contributed by atoms with Gasteiger partial charge in [-0.15, -0.1) is 0 Å². The normalized spacial score (nSPS) is 20.5. The highest BCUT2D eigenvalue weighted by Gasteiger charge is 2.39. The van der Waals surface area contributed by atoms with Crippen LogP contribution in [0.15, 0.2) is 30.5 Å². The quantitative estimate of drug-likeness (QED) is 0.432. The van der Waals surface area contributed by atoms with Crippen LogP contribution in [0, 0.1) is 5.92 Å². The van der Waals surface area contributed by atoms with Crippen LogP contribution in [0.25, 0.3) is 0 Å². The highest BCUT2D eigenvalue weighted by molar-refractivity contribution is 5.94. The molecule has 0 bridgehead atoms. The lowest BCUT2D eigenvalue weighted by atomic mass is 10.00. The molecule has 0 unspecified atom stereocenters. The molecule has 0 radical (unpaired) electrons. The van der Waals surface area contributed by atoms with Gasteiger partial charge in [0.25, 0.3) is 5.91 Å². The summed E-state index contributed by atoms with van der Waals surface area (Å²) >= 11 is 0. The molecule has 2 heterocycles. The number of nitrogens with one attached hydrogen (secondary N) is 3. The van der Waals surface area contributed by atoms with Crippen LogP contribution in [0.2, 0.25) is 0 Å². The van der Waals surface area contributed by atoms with Gasteiger partial charge in [-0.3, -0.25) is 9.59 Å². The van der Waals surface area contributed by atoms with Crippen molar-refractivity contribution >= 4 is 29.3 Å². The van der Waals surface area contributed by atoms with Gasteiger partial charge < -0.3 is 25.8 Å². The molecule has 0 spiro atoms. The Bertz CT molecular complexity index is 1220. The number of halogens is 3. The van der Waals surface area contributed by atoms with Crippen molar-refractivity contribution in [1.29, 1.82) is 0 Å². The summed E-state index contributed by atoms with van der Waals surface area (Å²) < 4.78 is 41.5. The van der Waals surface area contributed by atoms with Gasteiger partial charge in [0, 0.05) is 42.1 Å². The lowest BCUT2D eigenvalue weighted by Gasteiger charge is -2.35. The Labute approximate surface area is 239 Å². The minimum absolute atomic E-state index is 0.0308. The molecule has 1 aromatic carbocycles. The van der Waals surface area contributed by atoms with Crippen molar-refractivity contribution < 1.29 is 22.8 Å². The number of aromatic nitrogens is 2. The van der Waals surface area contributed by atoms with E-state index >= 15 is 0 Å². The van der Waals surface area contributed by atoms with E-state index in [4.69, 9.17) is 0 Å². The molecule has 1 aromatic heterocycles.